The summed E-state index contributed by atoms with van der Waals surface area (Å²) in [5.74, 6) is -0.0472. The van der Waals surface area contributed by atoms with Crippen molar-refractivity contribution in [3.63, 3.8) is 0 Å². The number of morpholine rings is 1. The van der Waals surface area contributed by atoms with Crippen molar-refractivity contribution in [2.75, 3.05) is 40.4 Å². The number of rotatable bonds is 4. The van der Waals surface area contributed by atoms with Gasteiger partial charge in [0.05, 0.1) is 36.9 Å². The summed E-state index contributed by atoms with van der Waals surface area (Å²) in [5, 5.41) is 3.37. The number of amides is 2. The number of carbonyl (C=O) groups excluding carboxylic acids is 2. The summed E-state index contributed by atoms with van der Waals surface area (Å²) < 4.78 is 5.36. The number of aliphatic imine (C=N–C) groups is 1. The van der Waals surface area contributed by atoms with Crippen LogP contribution in [-0.2, 0) is 14.3 Å². The van der Waals surface area contributed by atoms with Gasteiger partial charge in [0.15, 0.2) is 5.17 Å². The number of nitrogens with zero attached hydrogens (tertiary/aromatic N) is 4. The Morgan fingerprint density at radius 2 is 1.90 bits per heavy atom. The van der Waals surface area contributed by atoms with Crippen molar-refractivity contribution >= 4 is 40.3 Å². The first-order valence-corrected chi connectivity index (χ1v) is 11.4. The predicted octanol–water partition coefficient (Wildman–Crippen LogP) is 3.25. The van der Waals surface area contributed by atoms with E-state index in [9.17, 15) is 9.59 Å². The number of amidine groups is 1. The number of benzene rings is 1. The smallest absolute Gasteiger partial charge is 0.253 e. The van der Waals surface area contributed by atoms with Gasteiger partial charge in [-0.25, -0.2) is 4.99 Å². The highest BCUT2D eigenvalue weighted by molar-refractivity contribution is 8.16. The normalized spacial score (nSPS) is 21.0. The third-order valence-electron chi connectivity index (χ3n) is 5.52. The molecule has 9 heteroatoms. The van der Waals surface area contributed by atoms with Crippen LogP contribution in [0.25, 0.3) is 0 Å². The number of hydrogen-bond donors (Lipinski definition) is 0. The maximum Gasteiger partial charge on any atom is 0.253 e. The highest BCUT2D eigenvalue weighted by Gasteiger charge is 2.41. The quantitative estimate of drug-likeness (QED) is 0.690. The fourth-order valence-corrected chi connectivity index (χ4v) is 5.01. The summed E-state index contributed by atoms with van der Waals surface area (Å²) in [6.07, 6.45) is 0.249. The van der Waals surface area contributed by atoms with E-state index in [0.29, 0.717) is 42.6 Å². The van der Waals surface area contributed by atoms with E-state index < -0.39 is 0 Å². The third-order valence-corrected chi connectivity index (χ3v) is 6.66. The zero-order chi connectivity index (χ0) is 22.1. The van der Waals surface area contributed by atoms with E-state index in [-0.39, 0.29) is 24.3 Å². The van der Waals surface area contributed by atoms with Crippen LogP contribution in [0, 0.1) is 0 Å². The summed E-state index contributed by atoms with van der Waals surface area (Å²) in [6.45, 7) is 4.19. The Hall–Kier alpha value is -2.29. The van der Waals surface area contributed by atoms with E-state index in [1.54, 1.807) is 19.0 Å². The van der Waals surface area contributed by atoms with Gasteiger partial charge in [-0.05, 0) is 30.0 Å². The maximum absolute atomic E-state index is 13.2. The Balaban J connectivity index is 1.70. The molecule has 0 radical (unpaired) electrons. The van der Waals surface area contributed by atoms with Crippen LogP contribution in [0.2, 0.25) is 5.02 Å². The zero-order valence-electron chi connectivity index (χ0n) is 17.8. The van der Waals surface area contributed by atoms with Crippen LogP contribution in [-0.4, -0.2) is 72.1 Å². The van der Waals surface area contributed by atoms with Crippen LogP contribution < -0.4 is 0 Å². The average molecular weight is 461 g/mol. The van der Waals surface area contributed by atoms with Gasteiger partial charge in [-0.15, -0.1) is 0 Å². The molecular weight excluding hydrogens is 436 g/mol. The molecule has 1 aromatic rings. The largest absolute Gasteiger partial charge is 0.378 e. The molecular formula is C22H25ClN4O3S. The van der Waals surface area contributed by atoms with E-state index in [1.807, 2.05) is 46.4 Å². The lowest BCUT2D eigenvalue weighted by molar-refractivity contribution is -0.134. The molecule has 3 heterocycles. The van der Waals surface area contributed by atoms with E-state index in [1.165, 1.54) is 11.8 Å². The maximum atomic E-state index is 13.2. The molecule has 3 aliphatic heterocycles. The van der Waals surface area contributed by atoms with Gasteiger partial charge >= 0.3 is 0 Å². The second kappa shape index (κ2) is 9.06. The molecule has 1 atom stereocenters. The second-order valence-electron chi connectivity index (χ2n) is 7.81. The molecule has 1 aromatic carbocycles. The minimum atomic E-state index is -0.376. The van der Waals surface area contributed by atoms with Crippen molar-refractivity contribution in [1.82, 2.24) is 14.7 Å². The molecule has 0 aliphatic carbocycles. The summed E-state index contributed by atoms with van der Waals surface area (Å²) in [4.78, 5) is 36.2. The predicted molar refractivity (Wildman–Crippen MR) is 123 cm³/mol. The SMILES string of the molecule is CC1=C(C(=O)N(C)C)[C@@H](c2ccc(Cl)cc2)N2C(CC(=O)N3CCOCC3)=CSC2=N1. The van der Waals surface area contributed by atoms with Crippen LogP contribution >= 0.6 is 23.4 Å². The molecule has 4 rings (SSSR count). The number of fused-ring (bicyclic) bond motifs is 1. The van der Waals surface area contributed by atoms with Crippen LogP contribution in [0.5, 0.6) is 0 Å². The molecule has 0 aromatic heterocycles. The van der Waals surface area contributed by atoms with E-state index in [4.69, 9.17) is 21.3 Å². The molecule has 0 N–H and O–H groups in total. The molecule has 0 unspecified atom stereocenters. The molecule has 1 saturated heterocycles. The minimum absolute atomic E-state index is 0.0537. The molecule has 3 aliphatic rings. The van der Waals surface area contributed by atoms with Gasteiger partial charge in [0, 0.05) is 37.9 Å². The Labute approximate surface area is 191 Å². The Kier molecular flexibility index (Phi) is 6.41. The number of likely N-dealkylation sites (N-methyl/N-ethyl adjacent to an activating group) is 1. The van der Waals surface area contributed by atoms with Gasteiger partial charge in [0.25, 0.3) is 5.91 Å². The molecule has 164 valence electrons. The Bertz CT molecular complexity index is 981. The molecule has 0 spiro atoms. The summed E-state index contributed by atoms with van der Waals surface area (Å²) in [7, 11) is 3.47. The molecule has 2 amide bonds. The zero-order valence-corrected chi connectivity index (χ0v) is 19.4. The molecule has 0 bridgehead atoms. The van der Waals surface area contributed by atoms with E-state index in [2.05, 4.69) is 0 Å². The van der Waals surface area contributed by atoms with E-state index in [0.717, 1.165) is 16.4 Å². The van der Waals surface area contributed by atoms with Crippen molar-refractivity contribution in [3.05, 3.63) is 57.2 Å². The number of ether oxygens (including phenoxy) is 1. The monoisotopic (exact) mass is 460 g/mol. The topological polar surface area (TPSA) is 65.5 Å². The minimum Gasteiger partial charge on any atom is -0.378 e. The lowest BCUT2D eigenvalue weighted by Crippen LogP contribution is -2.43. The van der Waals surface area contributed by atoms with Crippen molar-refractivity contribution < 1.29 is 14.3 Å². The van der Waals surface area contributed by atoms with Crippen molar-refractivity contribution in [2.45, 2.75) is 19.4 Å². The van der Waals surface area contributed by atoms with Crippen LogP contribution in [0.3, 0.4) is 0 Å². The van der Waals surface area contributed by atoms with Gasteiger partial charge in [0.2, 0.25) is 5.91 Å². The average Bonchev–Trinajstić information content (AvgIpc) is 3.15. The summed E-state index contributed by atoms with van der Waals surface area (Å²) >= 11 is 7.61. The van der Waals surface area contributed by atoms with Crippen LogP contribution in [0.4, 0.5) is 0 Å². The molecule has 1 fully saturated rings. The number of halogens is 1. The lowest BCUT2D eigenvalue weighted by atomic mass is 9.93. The fraction of sp³-hybridized carbons (Fsp3) is 0.409. The summed E-state index contributed by atoms with van der Waals surface area (Å²) in [6, 6.07) is 7.12. The van der Waals surface area contributed by atoms with Crippen LogP contribution in [0.1, 0.15) is 24.9 Å². The number of allylic oxidation sites excluding steroid dienone is 1. The first-order chi connectivity index (χ1) is 14.9. The summed E-state index contributed by atoms with van der Waals surface area (Å²) in [5.41, 5.74) is 3.06. The molecule has 31 heavy (non-hydrogen) atoms. The van der Waals surface area contributed by atoms with Gasteiger partial charge in [0.1, 0.15) is 0 Å². The fourth-order valence-electron chi connectivity index (χ4n) is 3.92. The first kappa shape index (κ1) is 21.9. The van der Waals surface area contributed by atoms with Crippen molar-refractivity contribution in [3.8, 4) is 0 Å². The third kappa shape index (κ3) is 4.37. The van der Waals surface area contributed by atoms with Gasteiger partial charge in [-0.2, -0.15) is 0 Å². The van der Waals surface area contributed by atoms with Crippen molar-refractivity contribution in [1.29, 1.82) is 0 Å². The van der Waals surface area contributed by atoms with Crippen LogP contribution in [0.15, 0.2) is 51.6 Å². The number of carbonyl (C=O) groups is 2. The Morgan fingerprint density at radius 1 is 1.23 bits per heavy atom. The lowest BCUT2D eigenvalue weighted by Gasteiger charge is -2.38. The first-order valence-electron chi connectivity index (χ1n) is 10.1. The highest BCUT2D eigenvalue weighted by Crippen LogP contribution is 2.45. The second-order valence-corrected chi connectivity index (χ2v) is 9.09. The van der Waals surface area contributed by atoms with E-state index >= 15 is 0 Å². The van der Waals surface area contributed by atoms with Gasteiger partial charge < -0.3 is 19.4 Å². The van der Waals surface area contributed by atoms with Gasteiger partial charge in [-0.1, -0.05) is 35.5 Å². The number of thioether (sulfide) groups is 1. The highest BCUT2D eigenvalue weighted by atomic mass is 35.5. The Morgan fingerprint density at radius 3 is 2.55 bits per heavy atom. The molecule has 7 nitrogen and oxygen atoms in total. The number of hydrogen-bond acceptors (Lipinski definition) is 6. The van der Waals surface area contributed by atoms with Gasteiger partial charge in [-0.3, -0.25) is 9.59 Å². The molecule has 0 saturated carbocycles. The standard InChI is InChI=1S/C22H25ClN4O3S/c1-14-19(21(29)25(2)3)20(15-4-6-16(23)7-5-15)27-17(13-31-22(27)24-14)12-18(28)26-8-10-30-11-9-26/h4-7,13,20H,8-12H2,1-3H3/t20-/m1/s1. The van der Waals surface area contributed by atoms with Crippen molar-refractivity contribution in [2.24, 2.45) is 4.99 Å².